The Morgan fingerprint density at radius 3 is 2.73 bits per heavy atom. The molecular weight excluding hydrogens is 210 g/mol. The van der Waals surface area contributed by atoms with E-state index < -0.39 is 0 Å². The van der Waals surface area contributed by atoms with Crippen LogP contribution < -0.4 is 0 Å². The number of aryl methyl sites for hydroxylation is 2. The first-order valence-corrected chi connectivity index (χ1v) is 5.19. The van der Waals surface area contributed by atoms with Gasteiger partial charge in [0.2, 0.25) is 5.89 Å². The Hall–Kier alpha value is -1.36. The lowest BCUT2D eigenvalue weighted by molar-refractivity contribution is 0.410. The van der Waals surface area contributed by atoms with Crippen molar-refractivity contribution in [1.82, 2.24) is 14.5 Å². The number of aromatic nitrogens is 3. The lowest BCUT2D eigenvalue weighted by atomic mass is 10.3. The molecule has 2 heterocycles. The molecule has 80 valence electrons. The minimum Gasteiger partial charge on any atom is -0.444 e. The van der Waals surface area contributed by atoms with E-state index in [4.69, 9.17) is 16.6 Å². The molecule has 0 fully saturated rings. The van der Waals surface area contributed by atoms with Crippen LogP contribution in [-0.4, -0.2) is 14.5 Å². The Bertz CT molecular complexity index is 523. The molecule has 1 unspecified atom stereocenters. The molecule has 0 saturated carbocycles. The minimum absolute atomic E-state index is 0.0254. The molecule has 0 aliphatic carbocycles. The summed E-state index contributed by atoms with van der Waals surface area (Å²) in [5.41, 5.74) is 1.07. The van der Waals surface area contributed by atoms with Gasteiger partial charge in [-0.3, -0.25) is 0 Å². The van der Waals surface area contributed by atoms with Crippen LogP contribution in [0.5, 0.6) is 0 Å². The van der Waals surface area contributed by atoms with Crippen LogP contribution in [-0.2, 0) is 0 Å². The number of hydrogen-bond donors (Lipinski definition) is 1. The number of H-pyrrole nitrogens is 1. The second-order valence-corrected chi connectivity index (χ2v) is 3.98. The van der Waals surface area contributed by atoms with Crippen molar-refractivity contribution in [2.75, 3.05) is 0 Å². The number of nitrogens with one attached hydrogen (secondary N) is 1. The molecule has 1 atom stereocenters. The Balaban J connectivity index is 2.44. The zero-order valence-electron chi connectivity index (χ0n) is 8.94. The van der Waals surface area contributed by atoms with Gasteiger partial charge in [-0.1, -0.05) is 0 Å². The van der Waals surface area contributed by atoms with Gasteiger partial charge in [0.15, 0.2) is 4.77 Å². The van der Waals surface area contributed by atoms with Gasteiger partial charge < -0.3 is 14.0 Å². The maximum absolute atomic E-state index is 5.49. The fourth-order valence-corrected chi connectivity index (χ4v) is 1.98. The quantitative estimate of drug-likeness (QED) is 0.796. The second kappa shape index (κ2) is 3.66. The monoisotopic (exact) mass is 223 g/mol. The van der Waals surface area contributed by atoms with E-state index in [-0.39, 0.29) is 6.04 Å². The number of imidazole rings is 1. The van der Waals surface area contributed by atoms with Gasteiger partial charge in [-0.2, -0.15) is 0 Å². The van der Waals surface area contributed by atoms with E-state index in [1.807, 2.05) is 31.5 Å². The summed E-state index contributed by atoms with van der Waals surface area (Å²) < 4.78 is 8.16. The van der Waals surface area contributed by atoms with Crippen molar-refractivity contribution in [2.24, 2.45) is 0 Å². The maximum atomic E-state index is 5.49. The Morgan fingerprint density at radius 1 is 1.53 bits per heavy atom. The van der Waals surface area contributed by atoms with Crippen LogP contribution in [0, 0.1) is 18.6 Å². The van der Waals surface area contributed by atoms with E-state index in [1.54, 1.807) is 6.20 Å². The maximum Gasteiger partial charge on any atom is 0.217 e. The summed E-state index contributed by atoms with van der Waals surface area (Å²) in [6, 6.07) is 0.0254. The predicted molar refractivity (Wildman–Crippen MR) is 59.4 cm³/mol. The van der Waals surface area contributed by atoms with E-state index in [1.165, 1.54) is 0 Å². The molecule has 5 heteroatoms. The van der Waals surface area contributed by atoms with Gasteiger partial charge in [-0.15, -0.1) is 0 Å². The van der Waals surface area contributed by atoms with Crippen LogP contribution in [0.2, 0.25) is 0 Å². The highest BCUT2D eigenvalue weighted by Gasteiger charge is 2.15. The molecule has 2 aromatic heterocycles. The third-order valence-corrected chi connectivity index (χ3v) is 2.70. The van der Waals surface area contributed by atoms with E-state index in [2.05, 4.69) is 9.97 Å². The van der Waals surface area contributed by atoms with Crippen LogP contribution in [0.25, 0.3) is 0 Å². The van der Waals surface area contributed by atoms with Gasteiger partial charge in [0.1, 0.15) is 11.8 Å². The van der Waals surface area contributed by atoms with E-state index in [0.29, 0.717) is 10.7 Å². The molecule has 4 nitrogen and oxygen atoms in total. The third-order valence-electron chi connectivity index (χ3n) is 2.39. The zero-order valence-corrected chi connectivity index (χ0v) is 9.76. The molecule has 0 radical (unpaired) electrons. The first-order valence-electron chi connectivity index (χ1n) is 4.78. The van der Waals surface area contributed by atoms with Crippen molar-refractivity contribution in [2.45, 2.75) is 26.8 Å². The van der Waals surface area contributed by atoms with Crippen molar-refractivity contribution < 1.29 is 4.42 Å². The molecule has 0 spiro atoms. The molecule has 0 aliphatic rings. The van der Waals surface area contributed by atoms with Gasteiger partial charge in [-0.25, -0.2) is 4.98 Å². The van der Waals surface area contributed by atoms with Gasteiger partial charge in [-0.05, 0) is 33.0 Å². The summed E-state index contributed by atoms with van der Waals surface area (Å²) in [4.78, 5) is 7.21. The van der Waals surface area contributed by atoms with E-state index in [0.717, 1.165) is 11.5 Å². The molecule has 0 aliphatic heterocycles. The summed E-state index contributed by atoms with van der Waals surface area (Å²) in [7, 11) is 0. The molecular formula is C10H13N3OS. The topological polar surface area (TPSA) is 46.8 Å². The fraction of sp³-hybridized carbons (Fsp3) is 0.400. The van der Waals surface area contributed by atoms with Crippen LogP contribution in [0.3, 0.4) is 0 Å². The number of hydrogen-bond acceptors (Lipinski definition) is 3. The van der Waals surface area contributed by atoms with Crippen molar-refractivity contribution >= 4 is 12.2 Å². The molecule has 0 bridgehead atoms. The van der Waals surface area contributed by atoms with Gasteiger partial charge in [0.25, 0.3) is 0 Å². The highest BCUT2D eigenvalue weighted by Crippen LogP contribution is 2.19. The number of oxazole rings is 1. The van der Waals surface area contributed by atoms with E-state index in [9.17, 15) is 0 Å². The lowest BCUT2D eigenvalue weighted by Gasteiger charge is -2.11. The van der Waals surface area contributed by atoms with E-state index >= 15 is 0 Å². The Morgan fingerprint density at radius 2 is 2.27 bits per heavy atom. The average Bonchev–Trinajstić information content (AvgIpc) is 2.73. The van der Waals surface area contributed by atoms with Crippen molar-refractivity contribution in [1.29, 1.82) is 0 Å². The highest BCUT2D eigenvalue weighted by atomic mass is 32.1. The molecule has 0 saturated heterocycles. The predicted octanol–water partition coefficient (Wildman–Crippen LogP) is 2.76. The molecule has 15 heavy (non-hydrogen) atoms. The van der Waals surface area contributed by atoms with Crippen molar-refractivity contribution in [3.8, 4) is 0 Å². The summed E-state index contributed by atoms with van der Waals surface area (Å²) >= 11 is 5.19. The first-order chi connectivity index (χ1) is 7.09. The molecule has 2 aromatic rings. The highest BCUT2D eigenvalue weighted by molar-refractivity contribution is 7.71. The Labute approximate surface area is 93.0 Å². The molecule has 2 rings (SSSR count). The SMILES string of the molecule is Cc1cnc(C(C)n2c(C)c[nH]c2=S)o1. The fourth-order valence-electron chi connectivity index (χ4n) is 1.62. The van der Waals surface area contributed by atoms with Crippen LogP contribution in [0.1, 0.15) is 30.3 Å². The first kappa shape index (κ1) is 10.2. The van der Waals surface area contributed by atoms with Gasteiger partial charge >= 0.3 is 0 Å². The van der Waals surface area contributed by atoms with Crippen LogP contribution in [0.4, 0.5) is 0 Å². The smallest absolute Gasteiger partial charge is 0.217 e. The molecule has 0 aromatic carbocycles. The average molecular weight is 223 g/mol. The molecule has 1 N–H and O–H groups in total. The summed E-state index contributed by atoms with van der Waals surface area (Å²) in [6.07, 6.45) is 3.60. The van der Waals surface area contributed by atoms with Gasteiger partial charge in [0, 0.05) is 11.9 Å². The normalized spacial score (nSPS) is 13.0. The van der Waals surface area contributed by atoms with Crippen LogP contribution in [0.15, 0.2) is 16.8 Å². The summed E-state index contributed by atoms with van der Waals surface area (Å²) in [5.74, 6) is 1.50. The zero-order chi connectivity index (χ0) is 11.0. The largest absolute Gasteiger partial charge is 0.444 e. The second-order valence-electron chi connectivity index (χ2n) is 3.59. The minimum atomic E-state index is 0.0254. The number of aromatic amines is 1. The standard InChI is InChI=1S/C10H13N3OS/c1-6-4-12-10(15)13(6)8(3)9-11-5-7(2)14-9/h4-5,8H,1-3H3,(H,12,15). The molecule has 0 amide bonds. The van der Waals surface area contributed by atoms with Crippen LogP contribution >= 0.6 is 12.2 Å². The van der Waals surface area contributed by atoms with Crippen molar-refractivity contribution in [3.05, 3.63) is 34.5 Å². The third kappa shape index (κ3) is 1.74. The summed E-state index contributed by atoms with van der Waals surface area (Å²) in [5, 5.41) is 0. The number of nitrogens with zero attached hydrogens (tertiary/aromatic N) is 2. The van der Waals surface area contributed by atoms with Gasteiger partial charge in [0.05, 0.1) is 6.20 Å². The lowest BCUT2D eigenvalue weighted by Crippen LogP contribution is -2.08. The Kier molecular flexibility index (Phi) is 2.48. The number of rotatable bonds is 2. The summed E-state index contributed by atoms with van der Waals surface area (Å²) in [6.45, 7) is 5.90. The van der Waals surface area contributed by atoms with Crippen molar-refractivity contribution in [3.63, 3.8) is 0 Å².